The maximum Gasteiger partial charge on any atom is 0.149 e. The Kier molecular flexibility index (Phi) is 5.96. The smallest absolute Gasteiger partial charge is 0.149 e. The molecule has 1 saturated heterocycles. The van der Waals surface area contributed by atoms with Crippen molar-refractivity contribution in [2.24, 2.45) is 0 Å². The van der Waals surface area contributed by atoms with E-state index in [1.165, 1.54) is 12.1 Å². The molecule has 2 rings (SSSR count). The number of benzene rings is 1. The van der Waals surface area contributed by atoms with Gasteiger partial charge in [0.05, 0.1) is 0 Å². The summed E-state index contributed by atoms with van der Waals surface area (Å²) in [7, 11) is 4.10. The molecule has 1 fully saturated rings. The molecule has 3 nitrogen and oxygen atoms in total. The first-order valence-corrected chi connectivity index (χ1v) is 8.29. The molecule has 0 atom stereocenters. The van der Waals surface area contributed by atoms with Gasteiger partial charge in [-0.1, -0.05) is 15.9 Å². The predicted octanol–water partition coefficient (Wildman–Crippen LogP) is 2.54. The first-order chi connectivity index (χ1) is 10.0. The monoisotopic (exact) mass is 361 g/mol. The van der Waals surface area contributed by atoms with E-state index in [2.05, 4.69) is 25.7 Å². The van der Waals surface area contributed by atoms with E-state index in [9.17, 15) is 8.78 Å². The summed E-state index contributed by atoms with van der Waals surface area (Å²) in [6.45, 7) is 5.00. The first kappa shape index (κ1) is 16.6. The summed E-state index contributed by atoms with van der Waals surface area (Å²) >= 11 is 3.23. The first-order valence-electron chi connectivity index (χ1n) is 7.17. The van der Waals surface area contributed by atoms with E-state index in [1.807, 2.05) is 19.0 Å². The Labute approximate surface area is 133 Å². The molecule has 0 saturated carbocycles. The largest absolute Gasteiger partial charge is 0.364 e. The highest BCUT2D eigenvalue weighted by Crippen LogP contribution is 2.26. The summed E-state index contributed by atoms with van der Waals surface area (Å²) < 4.78 is 28.2. The van der Waals surface area contributed by atoms with E-state index in [0.717, 1.165) is 26.2 Å². The molecule has 0 aliphatic carbocycles. The number of nitrogens with zero attached hydrogens (tertiary/aromatic N) is 3. The highest BCUT2D eigenvalue weighted by Gasteiger charge is 2.22. The minimum absolute atomic E-state index is 0.118. The molecule has 1 aliphatic rings. The molecule has 1 aliphatic heterocycles. The zero-order valence-corrected chi connectivity index (χ0v) is 14.2. The Morgan fingerprint density at radius 3 is 2.14 bits per heavy atom. The van der Waals surface area contributed by atoms with Gasteiger partial charge in [-0.3, -0.25) is 4.90 Å². The molecule has 1 aromatic carbocycles. The Morgan fingerprint density at radius 2 is 1.67 bits per heavy atom. The van der Waals surface area contributed by atoms with Gasteiger partial charge in [0.1, 0.15) is 17.3 Å². The van der Waals surface area contributed by atoms with Crippen LogP contribution >= 0.6 is 15.9 Å². The topological polar surface area (TPSA) is 9.72 Å². The van der Waals surface area contributed by atoms with Crippen molar-refractivity contribution in [1.29, 1.82) is 0 Å². The summed E-state index contributed by atoms with van der Waals surface area (Å²) in [5.41, 5.74) is 0.741. The Morgan fingerprint density at radius 1 is 1.10 bits per heavy atom. The SMILES string of the molecule is CN(C)CCN1CCN(c2c(F)cc(CBr)cc2F)CC1. The van der Waals surface area contributed by atoms with Crippen molar-refractivity contribution in [2.75, 3.05) is 58.3 Å². The van der Waals surface area contributed by atoms with Crippen LogP contribution < -0.4 is 4.90 Å². The number of likely N-dealkylation sites (N-methyl/N-ethyl adjacent to an activating group) is 1. The third-order valence-corrected chi connectivity index (χ3v) is 4.43. The lowest BCUT2D eigenvalue weighted by Crippen LogP contribution is -2.48. The quantitative estimate of drug-likeness (QED) is 0.746. The van der Waals surface area contributed by atoms with Crippen molar-refractivity contribution in [3.05, 3.63) is 29.3 Å². The Balaban J connectivity index is 1.99. The van der Waals surface area contributed by atoms with Gasteiger partial charge in [0, 0.05) is 44.6 Å². The van der Waals surface area contributed by atoms with Gasteiger partial charge in [-0.15, -0.1) is 0 Å². The fourth-order valence-corrected chi connectivity index (χ4v) is 2.86. The van der Waals surface area contributed by atoms with Crippen molar-refractivity contribution in [3.8, 4) is 0 Å². The van der Waals surface area contributed by atoms with E-state index in [1.54, 1.807) is 0 Å². The number of alkyl halides is 1. The van der Waals surface area contributed by atoms with E-state index in [-0.39, 0.29) is 5.69 Å². The average Bonchev–Trinajstić information content (AvgIpc) is 2.45. The molecule has 0 spiro atoms. The average molecular weight is 362 g/mol. The van der Waals surface area contributed by atoms with Gasteiger partial charge in [-0.2, -0.15) is 0 Å². The summed E-state index contributed by atoms with van der Waals surface area (Å²) in [5, 5.41) is 0.458. The second kappa shape index (κ2) is 7.51. The lowest BCUT2D eigenvalue weighted by atomic mass is 10.1. The number of piperazine rings is 1. The summed E-state index contributed by atoms with van der Waals surface area (Å²) in [6.07, 6.45) is 0. The van der Waals surface area contributed by atoms with Crippen LogP contribution in [-0.2, 0) is 5.33 Å². The highest BCUT2D eigenvalue weighted by atomic mass is 79.9. The van der Waals surface area contributed by atoms with Crippen LogP contribution in [0.15, 0.2) is 12.1 Å². The van der Waals surface area contributed by atoms with Gasteiger partial charge in [-0.05, 0) is 31.8 Å². The van der Waals surface area contributed by atoms with Gasteiger partial charge < -0.3 is 9.80 Å². The molecular weight excluding hydrogens is 340 g/mol. The molecule has 118 valence electrons. The lowest BCUT2D eigenvalue weighted by Gasteiger charge is -2.36. The maximum absolute atomic E-state index is 14.1. The molecule has 6 heteroatoms. The van der Waals surface area contributed by atoms with Crippen LogP contribution in [0.25, 0.3) is 0 Å². The maximum atomic E-state index is 14.1. The molecule has 0 amide bonds. The van der Waals surface area contributed by atoms with Crippen molar-refractivity contribution >= 4 is 21.6 Å². The number of hydrogen-bond acceptors (Lipinski definition) is 3. The fourth-order valence-electron chi connectivity index (χ4n) is 2.53. The van der Waals surface area contributed by atoms with Crippen molar-refractivity contribution < 1.29 is 8.78 Å². The van der Waals surface area contributed by atoms with Crippen LogP contribution in [0.3, 0.4) is 0 Å². The molecule has 0 N–H and O–H groups in total. The third-order valence-electron chi connectivity index (χ3n) is 3.78. The van der Waals surface area contributed by atoms with Crippen LogP contribution in [0.5, 0.6) is 0 Å². The van der Waals surface area contributed by atoms with Gasteiger partial charge in [0.15, 0.2) is 0 Å². The molecule has 1 aromatic rings. The zero-order chi connectivity index (χ0) is 15.4. The summed E-state index contributed by atoms with van der Waals surface area (Å²) in [6, 6.07) is 2.82. The van der Waals surface area contributed by atoms with Crippen LogP contribution in [0, 0.1) is 11.6 Å². The molecule has 21 heavy (non-hydrogen) atoms. The van der Waals surface area contributed by atoms with Gasteiger partial charge in [0.25, 0.3) is 0 Å². The van der Waals surface area contributed by atoms with E-state index in [0.29, 0.717) is 24.0 Å². The third kappa shape index (κ3) is 4.37. The van der Waals surface area contributed by atoms with Gasteiger partial charge in [-0.25, -0.2) is 8.78 Å². The molecule has 0 unspecified atom stereocenters. The summed E-state index contributed by atoms with van der Waals surface area (Å²) in [5.74, 6) is -0.933. The summed E-state index contributed by atoms with van der Waals surface area (Å²) in [4.78, 5) is 6.29. The minimum Gasteiger partial charge on any atom is -0.364 e. The van der Waals surface area contributed by atoms with Crippen molar-refractivity contribution in [2.45, 2.75) is 5.33 Å². The van der Waals surface area contributed by atoms with Gasteiger partial charge >= 0.3 is 0 Å². The van der Waals surface area contributed by atoms with Crippen LogP contribution in [0.2, 0.25) is 0 Å². The standard InChI is InChI=1S/C15H22BrF2N3/c1-19(2)3-4-20-5-7-21(8-6-20)15-13(17)9-12(11-16)10-14(15)18/h9-10H,3-8,11H2,1-2H3. The van der Waals surface area contributed by atoms with Crippen LogP contribution in [0.4, 0.5) is 14.5 Å². The van der Waals surface area contributed by atoms with E-state index < -0.39 is 11.6 Å². The fraction of sp³-hybridized carbons (Fsp3) is 0.600. The van der Waals surface area contributed by atoms with Crippen molar-refractivity contribution in [3.63, 3.8) is 0 Å². The minimum atomic E-state index is -0.466. The number of anilines is 1. The molecular formula is C15H22BrF2N3. The Bertz CT molecular complexity index is 451. The second-order valence-corrected chi connectivity index (χ2v) is 6.23. The van der Waals surface area contributed by atoms with Crippen molar-refractivity contribution in [1.82, 2.24) is 9.80 Å². The highest BCUT2D eigenvalue weighted by molar-refractivity contribution is 9.08. The van der Waals surface area contributed by atoms with E-state index in [4.69, 9.17) is 0 Å². The molecule has 0 bridgehead atoms. The molecule has 0 aromatic heterocycles. The number of rotatable bonds is 5. The number of hydrogen-bond donors (Lipinski definition) is 0. The molecule has 0 radical (unpaired) electrons. The van der Waals surface area contributed by atoms with Gasteiger partial charge in [0.2, 0.25) is 0 Å². The normalized spacial score (nSPS) is 16.8. The zero-order valence-electron chi connectivity index (χ0n) is 12.6. The predicted molar refractivity (Wildman–Crippen MR) is 86.2 cm³/mol. The Hall–Kier alpha value is -0.720. The van der Waals surface area contributed by atoms with Crippen LogP contribution in [-0.4, -0.2) is 63.2 Å². The molecule has 1 heterocycles. The second-order valence-electron chi connectivity index (χ2n) is 5.67. The van der Waals surface area contributed by atoms with E-state index >= 15 is 0 Å². The lowest BCUT2D eigenvalue weighted by molar-refractivity contribution is 0.228. The number of halogens is 3. The van der Waals surface area contributed by atoms with Crippen LogP contribution in [0.1, 0.15) is 5.56 Å².